The lowest BCUT2D eigenvalue weighted by Gasteiger charge is -2.07. The molecule has 72 valence electrons. The molecule has 1 aromatic carbocycles. The van der Waals surface area contributed by atoms with Crippen LogP contribution in [-0.2, 0) is 6.42 Å². The highest BCUT2D eigenvalue weighted by Gasteiger charge is 2.04. The number of hydrogen-bond donors (Lipinski definition) is 2. The first-order valence-corrected chi connectivity index (χ1v) is 4.65. The molecule has 1 aromatic rings. The number of aryl methyl sites for hydroxylation is 1. The van der Waals surface area contributed by atoms with Crippen molar-refractivity contribution in [1.82, 2.24) is 5.32 Å². The third kappa shape index (κ3) is 2.61. The summed E-state index contributed by atoms with van der Waals surface area (Å²) >= 11 is 6.06. The van der Waals surface area contributed by atoms with E-state index in [0.717, 1.165) is 29.1 Å². The summed E-state index contributed by atoms with van der Waals surface area (Å²) in [6, 6.07) is 3.39. The Morgan fingerprint density at radius 2 is 2.15 bits per heavy atom. The van der Waals surface area contributed by atoms with Crippen LogP contribution in [0.1, 0.15) is 11.1 Å². The number of rotatable bonds is 3. The largest absolute Gasteiger partial charge is 0.508 e. The number of benzene rings is 1. The van der Waals surface area contributed by atoms with E-state index in [0.29, 0.717) is 0 Å². The summed E-state index contributed by atoms with van der Waals surface area (Å²) in [5.74, 6) is 0.285. The Balaban J connectivity index is 2.92. The first-order chi connectivity index (χ1) is 6.15. The van der Waals surface area contributed by atoms with E-state index in [1.54, 1.807) is 12.1 Å². The van der Waals surface area contributed by atoms with Crippen molar-refractivity contribution >= 4 is 11.6 Å². The Hall–Kier alpha value is -0.730. The smallest absolute Gasteiger partial charge is 0.116 e. The Morgan fingerprint density at radius 3 is 2.77 bits per heavy atom. The van der Waals surface area contributed by atoms with Gasteiger partial charge in [0, 0.05) is 5.02 Å². The molecule has 3 heteroatoms. The maximum atomic E-state index is 9.34. The van der Waals surface area contributed by atoms with Gasteiger partial charge in [-0.1, -0.05) is 11.6 Å². The van der Waals surface area contributed by atoms with Gasteiger partial charge in [0.15, 0.2) is 0 Å². The van der Waals surface area contributed by atoms with Crippen molar-refractivity contribution in [3.63, 3.8) is 0 Å². The molecule has 0 aliphatic rings. The molecule has 0 aliphatic carbocycles. The van der Waals surface area contributed by atoms with E-state index in [1.165, 1.54) is 0 Å². The zero-order valence-electron chi connectivity index (χ0n) is 7.89. The molecule has 0 radical (unpaired) electrons. The molecule has 0 heterocycles. The lowest BCUT2D eigenvalue weighted by atomic mass is 10.1. The number of hydrogen-bond acceptors (Lipinski definition) is 2. The van der Waals surface area contributed by atoms with E-state index in [2.05, 4.69) is 5.32 Å². The minimum Gasteiger partial charge on any atom is -0.508 e. The van der Waals surface area contributed by atoms with Gasteiger partial charge in [-0.25, -0.2) is 0 Å². The van der Waals surface area contributed by atoms with E-state index >= 15 is 0 Å². The van der Waals surface area contributed by atoms with Gasteiger partial charge in [0.05, 0.1) is 0 Å². The van der Waals surface area contributed by atoms with Crippen LogP contribution in [0.25, 0.3) is 0 Å². The summed E-state index contributed by atoms with van der Waals surface area (Å²) in [4.78, 5) is 0. The SMILES string of the molecule is CNCCc1cc(O)cc(C)c1Cl. The maximum absolute atomic E-state index is 9.34. The lowest BCUT2D eigenvalue weighted by molar-refractivity contribution is 0.474. The van der Waals surface area contributed by atoms with E-state index in [9.17, 15) is 5.11 Å². The number of phenolic OH excluding ortho intramolecular Hbond substituents is 1. The molecule has 0 saturated heterocycles. The van der Waals surface area contributed by atoms with Crippen LogP contribution in [0, 0.1) is 6.92 Å². The molecule has 0 atom stereocenters. The van der Waals surface area contributed by atoms with Crippen LogP contribution < -0.4 is 5.32 Å². The summed E-state index contributed by atoms with van der Waals surface area (Å²) < 4.78 is 0. The summed E-state index contributed by atoms with van der Waals surface area (Å²) in [6.45, 7) is 2.76. The molecule has 13 heavy (non-hydrogen) atoms. The topological polar surface area (TPSA) is 32.3 Å². The summed E-state index contributed by atoms with van der Waals surface area (Å²) in [5, 5.41) is 13.1. The Morgan fingerprint density at radius 1 is 1.46 bits per heavy atom. The van der Waals surface area contributed by atoms with E-state index < -0.39 is 0 Å². The number of likely N-dealkylation sites (N-methyl/N-ethyl adjacent to an activating group) is 1. The van der Waals surface area contributed by atoms with Crippen molar-refractivity contribution in [3.8, 4) is 5.75 Å². The Labute approximate surface area is 83.5 Å². The van der Waals surface area contributed by atoms with Gasteiger partial charge in [-0.15, -0.1) is 0 Å². The van der Waals surface area contributed by atoms with Crippen molar-refractivity contribution < 1.29 is 5.11 Å². The zero-order valence-corrected chi connectivity index (χ0v) is 8.65. The minimum absolute atomic E-state index is 0.285. The normalized spacial score (nSPS) is 10.4. The van der Waals surface area contributed by atoms with Crippen LogP contribution in [0.3, 0.4) is 0 Å². The molecule has 2 N–H and O–H groups in total. The number of halogens is 1. The van der Waals surface area contributed by atoms with Gasteiger partial charge in [-0.2, -0.15) is 0 Å². The van der Waals surface area contributed by atoms with Gasteiger partial charge < -0.3 is 10.4 Å². The van der Waals surface area contributed by atoms with Crippen molar-refractivity contribution in [2.75, 3.05) is 13.6 Å². The number of nitrogens with one attached hydrogen (secondary N) is 1. The highest BCUT2D eigenvalue weighted by molar-refractivity contribution is 6.32. The molecule has 0 amide bonds. The average molecular weight is 200 g/mol. The fourth-order valence-corrected chi connectivity index (χ4v) is 1.47. The predicted molar refractivity (Wildman–Crippen MR) is 55.5 cm³/mol. The van der Waals surface area contributed by atoms with Gasteiger partial charge in [-0.3, -0.25) is 0 Å². The molecule has 2 nitrogen and oxygen atoms in total. The second kappa shape index (κ2) is 4.49. The summed E-state index contributed by atoms with van der Waals surface area (Å²) in [6.07, 6.45) is 0.838. The van der Waals surface area contributed by atoms with Crippen LogP contribution >= 0.6 is 11.6 Å². The fraction of sp³-hybridized carbons (Fsp3) is 0.400. The third-order valence-electron chi connectivity index (χ3n) is 1.96. The summed E-state index contributed by atoms with van der Waals surface area (Å²) in [5.41, 5.74) is 1.92. The van der Waals surface area contributed by atoms with Crippen LogP contribution in [-0.4, -0.2) is 18.7 Å². The highest BCUT2D eigenvalue weighted by atomic mass is 35.5. The standard InChI is InChI=1S/C10H14ClNO/c1-7-5-9(13)6-8(10(7)11)3-4-12-2/h5-6,12-13H,3-4H2,1-2H3. The minimum atomic E-state index is 0.285. The van der Waals surface area contributed by atoms with Gasteiger partial charge in [-0.05, 0) is 50.2 Å². The fourth-order valence-electron chi connectivity index (χ4n) is 1.26. The Kier molecular flexibility index (Phi) is 3.58. The molecule has 0 spiro atoms. The van der Waals surface area contributed by atoms with Crippen LogP contribution in [0.5, 0.6) is 5.75 Å². The molecule has 0 unspecified atom stereocenters. The number of phenols is 1. The average Bonchev–Trinajstić information content (AvgIpc) is 2.09. The molecule has 1 rings (SSSR count). The predicted octanol–water partition coefficient (Wildman–Crippen LogP) is 2.12. The quantitative estimate of drug-likeness (QED) is 0.782. The van der Waals surface area contributed by atoms with Crippen molar-refractivity contribution in [2.24, 2.45) is 0 Å². The van der Waals surface area contributed by atoms with Crippen LogP contribution in [0.4, 0.5) is 0 Å². The summed E-state index contributed by atoms with van der Waals surface area (Å²) in [7, 11) is 1.89. The second-order valence-corrected chi connectivity index (χ2v) is 3.47. The molecule has 0 saturated carbocycles. The van der Waals surface area contributed by atoms with E-state index in [1.807, 2.05) is 14.0 Å². The molecule has 0 aliphatic heterocycles. The van der Waals surface area contributed by atoms with Gasteiger partial charge in [0.25, 0.3) is 0 Å². The van der Waals surface area contributed by atoms with Gasteiger partial charge in [0.2, 0.25) is 0 Å². The maximum Gasteiger partial charge on any atom is 0.116 e. The Bertz CT molecular complexity index is 299. The molecule has 0 aromatic heterocycles. The van der Waals surface area contributed by atoms with Crippen molar-refractivity contribution in [1.29, 1.82) is 0 Å². The van der Waals surface area contributed by atoms with Crippen LogP contribution in [0.15, 0.2) is 12.1 Å². The monoisotopic (exact) mass is 199 g/mol. The lowest BCUT2D eigenvalue weighted by Crippen LogP contribution is -2.10. The van der Waals surface area contributed by atoms with Crippen molar-refractivity contribution in [3.05, 3.63) is 28.3 Å². The second-order valence-electron chi connectivity index (χ2n) is 3.09. The van der Waals surface area contributed by atoms with E-state index in [4.69, 9.17) is 11.6 Å². The molecular formula is C10H14ClNO. The highest BCUT2D eigenvalue weighted by Crippen LogP contribution is 2.25. The van der Waals surface area contributed by atoms with Crippen LogP contribution in [0.2, 0.25) is 5.02 Å². The van der Waals surface area contributed by atoms with Gasteiger partial charge in [0.1, 0.15) is 5.75 Å². The molecule has 0 bridgehead atoms. The van der Waals surface area contributed by atoms with E-state index in [-0.39, 0.29) is 5.75 Å². The first kappa shape index (κ1) is 10.4. The third-order valence-corrected chi connectivity index (χ3v) is 2.50. The zero-order chi connectivity index (χ0) is 9.84. The van der Waals surface area contributed by atoms with Gasteiger partial charge >= 0.3 is 0 Å². The first-order valence-electron chi connectivity index (χ1n) is 4.27. The number of aromatic hydroxyl groups is 1. The molecule has 0 fully saturated rings. The molecular weight excluding hydrogens is 186 g/mol. The van der Waals surface area contributed by atoms with Crippen molar-refractivity contribution in [2.45, 2.75) is 13.3 Å².